The van der Waals surface area contributed by atoms with Crippen LogP contribution in [0.25, 0.3) is 22.3 Å². The van der Waals surface area contributed by atoms with Crippen molar-refractivity contribution in [2.45, 2.75) is 0 Å². The van der Waals surface area contributed by atoms with Gasteiger partial charge in [0.25, 0.3) is 0 Å². The summed E-state index contributed by atoms with van der Waals surface area (Å²) < 4.78 is 5.03. The van der Waals surface area contributed by atoms with Crippen LogP contribution in [0.5, 0.6) is 5.88 Å². The molecular weight excluding hydrogens is 214 g/mol. The molecule has 0 aliphatic carbocycles. The van der Waals surface area contributed by atoms with Crippen molar-refractivity contribution in [2.24, 2.45) is 0 Å². The number of rotatable bonds is 2. The monoisotopic (exact) mass is 225 g/mol. The summed E-state index contributed by atoms with van der Waals surface area (Å²) in [5.74, 6) is 0.614. The molecule has 1 N–H and O–H groups in total. The predicted octanol–water partition coefficient (Wildman–Crippen LogP) is 2.63. The molecule has 0 atom stereocenters. The van der Waals surface area contributed by atoms with Gasteiger partial charge >= 0.3 is 0 Å². The third-order valence-corrected chi connectivity index (χ3v) is 2.65. The molecule has 0 saturated carbocycles. The summed E-state index contributed by atoms with van der Waals surface area (Å²) in [5.41, 5.74) is 2.91. The fourth-order valence-electron chi connectivity index (χ4n) is 1.77. The lowest BCUT2D eigenvalue weighted by atomic mass is 10.2. The van der Waals surface area contributed by atoms with Crippen LogP contribution >= 0.6 is 0 Å². The van der Waals surface area contributed by atoms with E-state index in [2.05, 4.69) is 21.0 Å². The molecule has 0 spiro atoms. The number of ether oxygens (including phenoxy) is 1. The van der Waals surface area contributed by atoms with Crippen molar-refractivity contribution in [1.82, 2.24) is 15.0 Å². The number of pyridine rings is 2. The number of aromatic amines is 1. The summed E-state index contributed by atoms with van der Waals surface area (Å²) in [7, 11) is 1.61. The van der Waals surface area contributed by atoms with E-state index in [9.17, 15) is 0 Å². The molecule has 3 aromatic heterocycles. The van der Waals surface area contributed by atoms with Crippen molar-refractivity contribution < 1.29 is 4.74 Å². The van der Waals surface area contributed by atoms with Crippen molar-refractivity contribution in [3.8, 4) is 17.1 Å². The van der Waals surface area contributed by atoms with E-state index in [0.717, 1.165) is 22.3 Å². The van der Waals surface area contributed by atoms with Gasteiger partial charge in [-0.15, -0.1) is 0 Å². The highest BCUT2D eigenvalue weighted by Crippen LogP contribution is 2.23. The normalized spacial score (nSPS) is 10.6. The van der Waals surface area contributed by atoms with E-state index in [4.69, 9.17) is 4.74 Å². The van der Waals surface area contributed by atoms with E-state index in [1.165, 1.54) is 0 Å². The summed E-state index contributed by atoms with van der Waals surface area (Å²) in [4.78, 5) is 11.7. The first-order chi connectivity index (χ1) is 8.36. The van der Waals surface area contributed by atoms with Gasteiger partial charge in [0.2, 0.25) is 5.88 Å². The summed E-state index contributed by atoms with van der Waals surface area (Å²) in [6.45, 7) is 0. The Labute approximate surface area is 98.3 Å². The maximum atomic E-state index is 5.03. The van der Waals surface area contributed by atoms with Crippen molar-refractivity contribution in [1.29, 1.82) is 0 Å². The van der Waals surface area contributed by atoms with Gasteiger partial charge in [-0.1, -0.05) is 0 Å². The zero-order chi connectivity index (χ0) is 11.7. The largest absolute Gasteiger partial charge is 0.481 e. The molecule has 0 aliphatic heterocycles. The van der Waals surface area contributed by atoms with Crippen molar-refractivity contribution in [3.05, 3.63) is 42.7 Å². The minimum atomic E-state index is 0.614. The second-order valence-corrected chi connectivity index (χ2v) is 3.71. The molecule has 0 fully saturated rings. The number of fused-ring (bicyclic) bond motifs is 1. The standard InChI is InChI=1S/C13H11N3O/c1-17-12-5-4-10(8-15-12)11-7-9-3-2-6-14-13(9)16-11/h2-8H,1H3,(H,14,16). The van der Waals surface area contributed by atoms with E-state index >= 15 is 0 Å². The number of nitrogens with one attached hydrogen (secondary N) is 1. The topological polar surface area (TPSA) is 50.8 Å². The van der Waals surface area contributed by atoms with E-state index in [0.29, 0.717) is 5.88 Å². The molecule has 0 aliphatic rings. The quantitative estimate of drug-likeness (QED) is 0.729. The van der Waals surface area contributed by atoms with Gasteiger partial charge in [-0.05, 0) is 24.3 Å². The SMILES string of the molecule is COc1ccc(-c2cc3cccnc3[nH]2)cn1. The molecule has 0 saturated heterocycles. The highest BCUT2D eigenvalue weighted by molar-refractivity contribution is 5.82. The Balaban J connectivity index is 2.07. The lowest BCUT2D eigenvalue weighted by Crippen LogP contribution is -1.87. The minimum Gasteiger partial charge on any atom is -0.481 e. The van der Waals surface area contributed by atoms with Crippen LogP contribution < -0.4 is 4.74 Å². The smallest absolute Gasteiger partial charge is 0.212 e. The number of nitrogens with zero attached hydrogens (tertiary/aromatic N) is 2. The molecule has 0 bridgehead atoms. The molecule has 4 nitrogen and oxygen atoms in total. The van der Waals surface area contributed by atoms with Crippen LogP contribution in [0.3, 0.4) is 0 Å². The van der Waals surface area contributed by atoms with Crippen LogP contribution in [-0.4, -0.2) is 22.1 Å². The molecule has 0 unspecified atom stereocenters. The first kappa shape index (κ1) is 9.84. The van der Waals surface area contributed by atoms with Gasteiger partial charge in [-0.3, -0.25) is 0 Å². The Morgan fingerprint density at radius 2 is 2.12 bits per heavy atom. The third-order valence-electron chi connectivity index (χ3n) is 2.65. The van der Waals surface area contributed by atoms with Crippen LogP contribution in [0.1, 0.15) is 0 Å². The molecule has 4 heteroatoms. The average Bonchev–Trinajstić information content (AvgIpc) is 2.82. The molecule has 0 amide bonds. The Morgan fingerprint density at radius 1 is 1.18 bits per heavy atom. The molecule has 84 valence electrons. The van der Waals surface area contributed by atoms with Gasteiger partial charge in [0.1, 0.15) is 5.65 Å². The first-order valence-electron chi connectivity index (χ1n) is 5.31. The molecule has 17 heavy (non-hydrogen) atoms. The van der Waals surface area contributed by atoms with Gasteiger partial charge in [0.15, 0.2) is 0 Å². The fraction of sp³-hybridized carbons (Fsp3) is 0.0769. The second-order valence-electron chi connectivity index (χ2n) is 3.71. The Hall–Kier alpha value is -2.36. The van der Waals surface area contributed by atoms with Crippen LogP contribution in [0, 0.1) is 0 Å². The Morgan fingerprint density at radius 3 is 2.82 bits per heavy atom. The number of hydrogen-bond acceptors (Lipinski definition) is 3. The van der Waals surface area contributed by atoms with Crippen molar-refractivity contribution >= 4 is 11.0 Å². The summed E-state index contributed by atoms with van der Waals surface area (Å²) >= 11 is 0. The Kier molecular flexibility index (Phi) is 2.26. The molecule has 0 aromatic carbocycles. The summed E-state index contributed by atoms with van der Waals surface area (Å²) in [6.07, 6.45) is 3.55. The fourth-order valence-corrected chi connectivity index (χ4v) is 1.77. The van der Waals surface area contributed by atoms with Crippen molar-refractivity contribution in [3.63, 3.8) is 0 Å². The first-order valence-corrected chi connectivity index (χ1v) is 5.31. The maximum Gasteiger partial charge on any atom is 0.212 e. The van der Waals surface area contributed by atoms with Gasteiger partial charge in [-0.25, -0.2) is 9.97 Å². The number of hydrogen-bond donors (Lipinski definition) is 1. The molecule has 3 rings (SSSR count). The minimum absolute atomic E-state index is 0.614. The predicted molar refractivity (Wildman–Crippen MR) is 65.9 cm³/mol. The number of aromatic nitrogens is 3. The van der Waals surface area contributed by atoms with Gasteiger partial charge in [0.05, 0.1) is 7.11 Å². The van der Waals surface area contributed by atoms with E-state index in [1.54, 1.807) is 19.5 Å². The average molecular weight is 225 g/mol. The number of H-pyrrole nitrogens is 1. The lowest BCUT2D eigenvalue weighted by molar-refractivity contribution is 0.398. The highest BCUT2D eigenvalue weighted by atomic mass is 16.5. The van der Waals surface area contributed by atoms with Crippen LogP contribution in [0.2, 0.25) is 0 Å². The van der Waals surface area contributed by atoms with Crippen LogP contribution in [0.15, 0.2) is 42.7 Å². The zero-order valence-corrected chi connectivity index (χ0v) is 9.34. The van der Waals surface area contributed by atoms with Crippen molar-refractivity contribution in [2.75, 3.05) is 7.11 Å². The van der Waals surface area contributed by atoms with Gasteiger partial charge in [-0.2, -0.15) is 0 Å². The highest BCUT2D eigenvalue weighted by Gasteiger charge is 2.04. The van der Waals surface area contributed by atoms with Crippen LogP contribution in [0.4, 0.5) is 0 Å². The zero-order valence-electron chi connectivity index (χ0n) is 9.34. The third kappa shape index (κ3) is 1.73. The lowest BCUT2D eigenvalue weighted by Gasteiger charge is -1.99. The second kappa shape index (κ2) is 3.90. The van der Waals surface area contributed by atoms with E-state index in [1.807, 2.05) is 24.3 Å². The maximum absolute atomic E-state index is 5.03. The van der Waals surface area contributed by atoms with E-state index < -0.39 is 0 Å². The van der Waals surface area contributed by atoms with E-state index in [-0.39, 0.29) is 0 Å². The van der Waals surface area contributed by atoms with Gasteiger partial charge in [0, 0.05) is 35.1 Å². The molecular formula is C13H11N3O. The summed E-state index contributed by atoms with van der Waals surface area (Å²) in [5, 5.41) is 1.10. The van der Waals surface area contributed by atoms with Gasteiger partial charge < -0.3 is 9.72 Å². The number of methoxy groups -OCH3 is 1. The molecule has 3 heterocycles. The molecule has 0 radical (unpaired) electrons. The molecule has 3 aromatic rings. The summed E-state index contributed by atoms with van der Waals surface area (Å²) in [6, 6.07) is 9.82. The van der Waals surface area contributed by atoms with Crippen LogP contribution in [-0.2, 0) is 0 Å². The Bertz CT molecular complexity index is 610.